The summed E-state index contributed by atoms with van der Waals surface area (Å²) in [4.78, 5) is 28.8. The van der Waals surface area contributed by atoms with Crippen molar-refractivity contribution in [3.8, 4) is 0 Å². The predicted molar refractivity (Wildman–Crippen MR) is 114 cm³/mol. The smallest absolute Gasteiger partial charge is 0.225 e. The van der Waals surface area contributed by atoms with Gasteiger partial charge in [0, 0.05) is 25.0 Å². The second kappa shape index (κ2) is 7.80. The van der Waals surface area contributed by atoms with Crippen LogP contribution in [-0.2, 0) is 24.0 Å². The van der Waals surface area contributed by atoms with E-state index in [4.69, 9.17) is 19.2 Å². The van der Waals surface area contributed by atoms with Crippen LogP contribution in [0.4, 0.5) is 5.82 Å². The van der Waals surface area contributed by atoms with Crippen molar-refractivity contribution in [3.63, 3.8) is 0 Å². The van der Waals surface area contributed by atoms with Crippen LogP contribution in [0.15, 0.2) is 18.3 Å². The molecule has 8 atom stereocenters. The van der Waals surface area contributed by atoms with Gasteiger partial charge in [0.15, 0.2) is 11.9 Å². The highest BCUT2D eigenvalue weighted by molar-refractivity contribution is 5.89. The highest BCUT2D eigenvalue weighted by Crippen LogP contribution is 2.60. The molecule has 4 saturated heterocycles. The van der Waals surface area contributed by atoms with Gasteiger partial charge in [-0.3, -0.25) is 4.79 Å². The number of carbonyl (C=O) groups excluding carboxylic acids is 1. The highest BCUT2D eigenvalue weighted by atomic mass is 17.3. The first kappa shape index (κ1) is 21.3. The van der Waals surface area contributed by atoms with Crippen molar-refractivity contribution in [1.82, 2.24) is 4.98 Å². The topological polar surface area (TPSA) is 78.9 Å². The van der Waals surface area contributed by atoms with Crippen LogP contribution >= 0.6 is 0 Å². The first-order valence-corrected chi connectivity index (χ1v) is 11.7. The molecule has 1 saturated carbocycles. The molecule has 1 aromatic heterocycles. The molecule has 1 aromatic rings. The summed E-state index contributed by atoms with van der Waals surface area (Å²) in [5.74, 6) is 1.23. The Kier molecular flexibility index (Phi) is 5.36. The number of ether oxygens (including phenoxy) is 2. The summed E-state index contributed by atoms with van der Waals surface area (Å²) in [6.07, 6.45) is 6.35. The minimum atomic E-state index is -0.767. The molecular weight excluding hydrogens is 396 g/mol. The van der Waals surface area contributed by atoms with Crippen LogP contribution in [-0.4, -0.2) is 34.7 Å². The lowest BCUT2D eigenvalue weighted by Crippen LogP contribution is -2.70. The molecule has 0 aromatic carbocycles. The normalized spacial score (nSPS) is 43.7. The van der Waals surface area contributed by atoms with Crippen molar-refractivity contribution in [3.05, 3.63) is 23.9 Å². The molecule has 31 heavy (non-hydrogen) atoms. The van der Waals surface area contributed by atoms with Gasteiger partial charge in [0.2, 0.25) is 11.7 Å². The van der Waals surface area contributed by atoms with Gasteiger partial charge in [-0.15, -0.1) is 0 Å². The quantitative estimate of drug-likeness (QED) is 0.715. The summed E-state index contributed by atoms with van der Waals surface area (Å²) < 4.78 is 12.9. The van der Waals surface area contributed by atoms with E-state index in [2.05, 4.69) is 24.1 Å². The summed E-state index contributed by atoms with van der Waals surface area (Å²) in [6.45, 7) is 8.46. The minimum Gasteiger partial charge on any atom is -0.346 e. The third kappa shape index (κ3) is 3.59. The van der Waals surface area contributed by atoms with E-state index >= 15 is 0 Å². The first-order valence-electron chi connectivity index (χ1n) is 11.7. The molecule has 5 aliphatic rings. The zero-order valence-corrected chi connectivity index (χ0v) is 18.9. The largest absolute Gasteiger partial charge is 0.346 e. The Morgan fingerprint density at radius 1 is 1.19 bits per heavy atom. The van der Waals surface area contributed by atoms with E-state index in [0.29, 0.717) is 36.4 Å². The molecule has 1 amide bonds. The van der Waals surface area contributed by atoms with Crippen molar-refractivity contribution in [2.24, 2.45) is 23.7 Å². The number of carbonyl (C=O) groups is 1. The molecule has 1 N–H and O–H groups in total. The van der Waals surface area contributed by atoms with Gasteiger partial charge in [-0.2, -0.15) is 0 Å². The van der Waals surface area contributed by atoms with E-state index in [1.807, 2.05) is 26.0 Å². The summed E-state index contributed by atoms with van der Waals surface area (Å²) in [5.41, 5.74) is 0.520. The molecule has 6 rings (SSSR count). The summed E-state index contributed by atoms with van der Waals surface area (Å²) in [7, 11) is 0. The zero-order chi connectivity index (χ0) is 21.8. The highest BCUT2D eigenvalue weighted by Gasteiger charge is 2.69. The fourth-order valence-corrected chi connectivity index (χ4v) is 6.33. The number of anilines is 1. The predicted octanol–water partition coefficient (Wildman–Crippen LogP) is 4.36. The number of hydrogen-bond donors (Lipinski definition) is 1. The van der Waals surface area contributed by atoms with Gasteiger partial charge in [-0.05, 0) is 68.9 Å². The van der Waals surface area contributed by atoms with Crippen LogP contribution in [0.5, 0.6) is 0 Å². The fourth-order valence-electron chi connectivity index (χ4n) is 6.33. The van der Waals surface area contributed by atoms with Crippen molar-refractivity contribution in [2.75, 3.05) is 5.32 Å². The Morgan fingerprint density at radius 3 is 2.81 bits per heavy atom. The van der Waals surface area contributed by atoms with Crippen molar-refractivity contribution >= 4 is 11.7 Å². The molecule has 1 spiro atoms. The number of pyridine rings is 1. The molecule has 2 bridgehead atoms. The summed E-state index contributed by atoms with van der Waals surface area (Å²) in [5, 5.41) is 2.89. The molecule has 7 nitrogen and oxygen atoms in total. The number of hydrogen-bond acceptors (Lipinski definition) is 6. The van der Waals surface area contributed by atoms with Crippen molar-refractivity contribution in [1.29, 1.82) is 0 Å². The van der Waals surface area contributed by atoms with Gasteiger partial charge in [0.25, 0.3) is 0 Å². The third-order valence-electron chi connectivity index (χ3n) is 8.13. The summed E-state index contributed by atoms with van der Waals surface area (Å²) >= 11 is 0. The van der Waals surface area contributed by atoms with Crippen LogP contribution in [0.1, 0.15) is 64.9 Å². The minimum absolute atomic E-state index is 0.0440. The molecular formula is C24H34N2O5. The number of rotatable bonds is 4. The lowest BCUT2D eigenvalue weighted by atomic mass is 9.57. The Hall–Kier alpha value is -1.54. The van der Waals surface area contributed by atoms with Crippen LogP contribution in [0.25, 0.3) is 0 Å². The fraction of sp³-hybridized carbons (Fsp3) is 0.750. The Morgan fingerprint density at radius 2 is 2.03 bits per heavy atom. The monoisotopic (exact) mass is 430 g/mol. The van der Waals surface area contributed by atoms with Crippen LogP contribution in [0.3, 0.4) is 0 Å². The van der Waals surface area contributed by atoms with E-state index in [1.54, 1.807) is 6.20 Å². The van der Waals surface area contributed by atoms with Crippen LogP contribution in [0, 0.1) is 30.6 Å². The number of fused-ring (bicyclic) bond motifs is 2. The van der Waals surface area contributed by atoms with Crippen LogP contribution < -0.4 is 5.32 Å². The Labute approximate surface area is 184 Å². The lowest BCUT2D eigenvalue weighted by Gasteiger charge is -2.60. The SMILES string of the molecule is Cc1ccc(NC(=O)CC[C@H]2O[C@@H]3O[C@]4(C)CC[C@H]5[C@H](C)CC[C@@H]([C@H]2C)[C@@]35OO4)nc1. The second-order valence-electron chi connectivity index (χ2n) is 10.3. The number of nitrogens with one attached hydrogen (secondary N) is 1. The molecule has 7 heteroatoms. The molecule has 5 fully saturated rings. The first-order chi connectivity index (χ1) is 14.8. The van der Waals surface area contributed by atoms with Gasteiger partial charge < -0.3 is 14.8 Å². The van der Waals surface area contributed by atoms with E-state index in [9.17, 15) is 4.79 Å². The third-order valence-corrected chi connectivity index (χ3v) is 8.13. The Bertz CT molecular complexity index is 832. The average Bonchev–Trinajstić information content (AvgIpc) is 2.97. The summed E-state index contributed by atoms with van der Waals surface area (Å²) in [6, 6.07) is 3.77. The zero-order valence-electron chi connectivity index (χ0n) is 18.9. The number of aromatic nitrogens is 1. The van der Waals surface area contributed by atoms with Crippen molar-refractivity contribution < 1.29 is 24.0 Å². The van der Waals surface area contributed by atoms with Crippen molar-refractivity contribution in [2.45, 2.75) is 90.0 Å². The molecule has 5 heterocycles. The average molecular weight is 431 g/mol. The second-order valence-corrected chi connectivity index (χ2v) is 10.3. The van der Waals surface area contributed by atoms with Gasteiger partial charge >= 0.3 is 0 Å². The van der Waals surface area contributed by atoms with Gasteiger partial charge in [0.05, 0.1) is 6.10 Å². The molecule has 0 radical (unpaired) electrons. The van der Waals surface area contributed by atoms with Gasteiger partial charge in [0.1, 0.15) is 5.82 Å². The Balaban J connectivity index is 1.30. The molecule has 170 valence electrons. The molecule has 1 aliphatic carbocycles. The lowest BCUT2D eigenvalue weighted by molar-refractivity contribution is -0.571. The molecule has 0 unspecified atom stereocenters. The number of nitrogens with zero attached hydrogens (tertiary/aromatic N) is 1. The maximum atomic E-state index is 12.5. The van der Waals surface area contributed by atoms with Gasteiger partial charge in [-0.25, -0.2) is 14.8 Å². The van der Waals surface area contributed by atoms with Gasteiger partial charge in [-0.1, -0.05) is 19.9 Å². The molecule has 4 aliphatic heterocycles. The van der Waals surface area contributed by atoms with Crippen LogP contribution in [0.2, 0.25) is 0 Å². The van der Waals surface area contributed by atoms with E-state index < -0.39 is 17.7 Å². The van der Waals surface area contributed by atoms with E-state index in [1.165, 1.54) is 6.42 Å². The van der Waals surface area contributed by atoms with E-state index in [-0.39, 0.29) is 17.9 Å². The van der Waals surface area contributed by atoms with E-state index in [0.717, 1.165) is 24.8 Å². The number of aryl methyl sites for hydroxylation is 1. The maximum Gasteiger partial charge on any atom is 0.225 e. The standard InChI is InChI=1S/C24H34N2O5/c1-14-5-9-20(25-13-14)26-21(27)10-8-19-16(3)18-7-6-15(2)17-11-12-23(4)29-22(28-19)24(17,18)31-30-23/h5,9,13,15-19,22H,6-8,10-12H2,1-4H3,(H,25,26,27)/t15-,16-,17+,18+,19-,22-,23+,24-/m1/s1. The maximum absolute atomic E-state index is 12.5. The number of amides is 1.